The molecule has 92 valence electrons. The fourth-order valence-electron chi connectivity index (χ4n) is 2.13. The highest BCUT2D eigenvalue weighted by Crippen LogP contribution is 2.20. The van der Waals surface area contributed by atoms with Crippen LogP contribution in [0.2, 0.25) is 0 Å². The van der Waals surface area contributed by atoms with Gasteiger partial charge in [0.25, 0.3) is 0 Å². The summed E-state index contributed by atoms with van der Waals surface area (Å²) in [5, 5.41) is 4.31. The highest BCUT2D eigenvalue weighted by atomic mass is 32.1. The minimum atomic E-state index is 0.533. The van der Waals surface area contributed by atoms with Crippen LogP contribution in [-0.2, 0) is 13.1 Å². The van der Waals surface area contributed by atoms with Crippen LogP contribution in [0.4, 0.5) is 0 Å². The molecular weight excluding hydrogens is 244 g/mol. The van der Waals surface area contributed by atoms with Crippen LogP contribution in [0.25, 0.3) is 11.0 Å². The molecule has 3 heterocycles. The van der Waals surface area contributed by atoms with E-state index in [1.807, 2.05) is 19.2 Å². The van der Waals surface area contributed by atoms with E-state index in [-0.39, 0.29) is 0 Å². The SMILES string of the molecule is Cc1nc(Cn2cc(CN)c3cccnc32)cs1. The maximum Gasteiger partial charge on any atom is 0.140 e. The van der Waals surface area contributed by atoms with Gasteiger partial charge in [0, 0.05) is 29.7 Å². The fourth-order valence-corrected chi connectivity index (χ4v) is 2.74. The van der Waals surface area contributed by atoms with Crippen LogP contribution in [0.1, 0.15) is 16.3 Å². The van der Waals surface area contributed by atoms with Gasteiger partial charge in [-0.15, -0.1) is 11.3 Å². The summed E-state index contributed by atoms with van der Waals surface area (Å²) in [4.78, 5) is 8.92. The summed E-state index contributed by atoms with van der Waals surface area (Å²) in [5.74, 6) is 0. The first-order valence-corrected chi connectivity index (χ1v) is 6.69. The minimum Gasteiger partial charge on any atom is -0.326 e. The van der Waals surface area contributed by atoms with E-state index in [1.165, 1.54) is 0 Å². The first kappa shape index (κ1) is 11.4. The van der Waals surface area contributed by atoms with Crippen molar-refractivity contribution in [1.82, 2.24) is 14.5 Å². The van der Waals surface area contributed by atoms with E-state index in [9.17, 15) is 0 Å². The van der Waals surface area contributed by atoms with E-state index < -0.39 is 0 Å². The molecule has 0 saturated heterocycles. The molecule has 3 rings (SSSR count). The highest BCUT2D eigenvalue weighted by Gasteiger charge is 2.09. The molecule has 0 unspecified atom stereocenters. The summed E-state index contributed by atoms with van der Waals surface area (Å²) in [7, 11) is 0. The van der Waals surface area contributed by atoms with E-state index >= 15 is 0 Å². The molecular formula is C13H14N4S. The Balaban J connectivity index is 2.06. The zero-order valence-corrected chi connectivity index (χ0v) is 10.9. The lowest BCUT2D eigenvalue weighted by atomic mass is 10.2. The average Bonchev–Trinajstić information content (AvgIpc) is 2.95. The van der Waals surface area contributed by atoms with Gasteiger partial charge in [-0.25, -0.2) is 9.97 Å². The predicted molar refractivity (Wildman–Crippen MR) is 73.6 cm³/mol. The molecule has 0 amide bonds. The average molecular weight is 258 g/mol. The molecule has 0 radical (unpaired) electrons. The first-order chi connectivity index (χ1) is 8.78. The fraction of sp³-hybridized carbons (Fsp3) is 0.231. The van der Waals surface area contributed by atoms with Crippen LogP contribution >= 0.6 is 11.3 Å². The molecule has 0 aliphatic heterocycles. The zero-order chi connectivity index (χ0) is 12.5. The number of hydrogen-bond donors (Lipinski definition) is 1. The van der Waals surface area contributed by atoms with E-state index in [4.69, 9.17) is 5.73 Å². The quantitative estimate of drug-likeness (QED) is 0.784. The van der Waals surface area contributed by atoms with Crippen molar-refractivity contribution in [2.45, 2.75) is 20.0 Å². The minimum absolute atomic E-state index is 0.533. The van der Waals surface area contributed by atoms with Crippen molar-refractivity contribution in [3.05, 3.63) is 46.2 Å². The second-order valence-corrected chi connectivity index (χ2v) is 5.28. The topological polar surface area (TPSA) is 56.7 Å². The Morgan fingerprint density at radius 3 is 3.06 bits per heavy atom. The maximum absolute atomic E-state index is 5.77. The van der Waals surface area contributed by atoms with Crippen LogP contribution in [0.3, 0.4) is 0 Å². The molecule has 5 heteroatoms. The highest BCUT2D eigenvalue weighted by molar-refractivity contribution is 7.09. The van der Waals surface area contributed by atoms with Crippen molar-refractivity contribution in [1.29, 1.82) is 0 Å². The molecule has 4 nitrogen and oxygen atoms in total. The number of aromatic nitrogens is 3. The summed E-state index contributed by atoms with van der Waals surface area (Å²) in [5.41, 5.74) is 8.95. The van der Waals surface area contributed by atoms with Crippen molar-refractivity contribution < 1.29 is 0 Å². The first-order valence-electron chi connectivity index (χ1n) is 5.81. The second-order valence-electron chi connectivity index (χ2n) is 4.22. The second kappa shape index (κ2) is 4.51. The monoisotopic (exact) mass is 258 g/mol. The van der Waals surface area contributed by atoms with E-state index in [1.54, 1.807) is 11.3 Å². The van der Waals surface area contributed by atoms with Gasteiger partial charge in [-0.1, -0.05) is 0 Å². The van der Waals surface area contributed by atoms with Crippen molar-refractivity contribution in [2.24, 2.45) is 5.73 Å². The number of nitrogens with two attached hydrogens (primary N) is 1. The van der Waals surface area contributed by atoms with E-state index in [0.29, 0.717) is 6.54 Å². The van der Waals surface area contributed by atoms with Crippen molar-refractivity contribution in [3.63, 3.8) is 0 Å². The molecule has 0 aliphatic rings. The third-order valence-electron chi connectivity index (χ3n) is 2.94. The number of aryl methyl sites for hydroxylation is 1. The molecule has 0 bridgehead atoms. The van der Waals surface area contributed by atoms with Crippen LogP contribution < -0.4 is 5.73 Å². The Morgan fingerprint density at radius 2 is 2.33 bits per heavy atom. The van der Waals surface area contributed by atoms with Crippen LogP contribution in [0.15, 0.2) is 29.9 Å². The number of thiazole rings is 1. The molecule has 0 spiro atoms. The maximum atomic E-state index is 5.77. The van der Waals surface area contributed by atoms with Gasteiger partial charge in [0.05, 0.1) is 17.2 Å². The number of rotatable bonds is 3. The van der Waals surface area contributed by atoms with Gasteiger partial charge in [-0.3, -0.25) is 0 Å². The zero-order valence-electron chi connectivity index (χ0n) is 10.1. The molecule has 3 aromatic heterocycles. The Bertz CT molecular complexity index is 683. The van der Waals surface area contributed by atoms with Gasteiger partial charge in [-0.05, 0) is 24.6 Å². The van der Waals surface area contributed by atoms with E-state index in [2.05, 4.69) is 32.2 Å². The predicted octanol–water partition coefficient (Wildman–Crippen LogP) is 2.31. The Labute approximate surface area is 109 Å². The van der Waals surface area contributed by atoms with Gasteiger partial charge < -0.3 is 10.3 Å². The standard InChI is InChI=1S/C13H14N4S/c1-9-16-11(8-18-9)7-17-6-10(5-14)12-3-2-4-15-13(12)17/h2-4,6,8H,5,7,14H2,1H3. The summed E-state index contributed by atoms with van der Waals surface area (Å²) in [6.07, 6.45) is 3.89. The lowest BCUT2D eigenvalue weighted by Crippen LogP contribution is -1.99. The van der Waals surface area contributed by atoms with Crippen molar-refractivity contribution in [2.75, 3.05) is 0 Å². The van der Waals surface area contributed by atoms with Crippen LogP contribution in [-0.4, -0.2) is 14.5 Å². The molecule has 2 N–H and O–H groups in total. The van der Waals surface area contributed by atoms with Crippen LogP contribution in [0.5, 0.6) is 0 Å². The Kier molecular flexibility index (Phi) is 2.85. The third kappa shape index (κ3) is 1.91. The molecule has 0 atom stereocenters. The third-order valence-corrected chi connectivity index (χ3v) is 3.76. The number of pyridine rings is 1. The Morgan fingerprint density at radius 1 is 1.44 bits per heavy atom. The lowest BCUT2D eigenvalue weighted by Gasteiger charge is -2.01. The summed E-state index contributed by atoms with van der Waals surface area (Å²) in [6, 6.07) is 4.01. The Hall–Kier alpha value is -1.72. The van der Waals surface area contributed by atoms with Gasteiger partial charge in [-0.2, -0.15) is 0 Å². The molecule has 0 saturated carbocycles. The largest absolute Gasteiger partial charge is 0.326 e. The summed E-state index contributed by atoms with van der Waals surface area (Å²) in [6.45, 7) is 3.30. The van der Waals surface area contributed by atoms with E-state index in [0.717, 1.165) is 33.8 Å². The summed E-state index contributed by atoms with van der Waals surface area (Å²) < 4.78 is 2.12. The number of hydrogen-bond acceptors (Lipinski definition) is 4. The van der Waals surface area contributed by atoms with Gasteiger partial charge in [0.1, 0.15) is 5.65 Å². The molecule has 0 fully saturated rings. The lowest BCUT2D eigenvalue weighted by molar-refractivity contribution is 0.797. The van der Waals surface area contributed by atoms with Gasteiger partial charge >= 0.3 is 0 Å². The molecule has 0 aliphatic carbocycles. The van der Waals surface area contributed by atoms with Gasteiger partial charge in [0.2, 0.25) is 0 Å². The van der Waals surface area contributed by atoms with Crippen molar-refractivity contribution in [3.8, 4) is 0 Å². The van der Waals surface area contributed by atoms with Crippen molar-refractivity contribution >= 4 is 22.4 Å². The molecule has 18 heavy (non-hydrogen) atoms. The normalized spacial score (nSPS) is 11.2. The summed E-state index contributed by atoms with van der Waals surface area (Å²) >= 11 is 1.67. The number of nitrogens with zero attached hydrogens (tertiary/aromatic N) is 3. The molecule has 3 aromatic rings. The van der Waals surface area contributed by atoms with Crippen LogP contribution in [0, 0.1) is 6.92 Å². The molecule has 0 aromatic carbocycles. The van der Waals surface area contributed by atoms with Gasteiger partial charge in [0.15, 0.2) is 0 Å². The number of fused-ring (bicyclic) bond motifs is 1. The smallest absolute Gasteiger partial charge is 0.140 e.